The average Bonchev–Trinajstić information content (AvgIpc) is 2.98. The van der Waals surface area contributed by atoms with Gasteiger partial charge in [0, 0.05) is 10.4 Å². The highest BCUT2D eigenvalue weighted by molar-refractivity contribution is 7.16. The summed E-state index contributed by atoms with van der Waals surface area (Å²) in [5.41, 5.74) is 10.0. The Balaban J connectivity index is 1.84. The van der Waals surface area contributed by atoms with E-state index in [-0.39, 0.29) is 0 Å². The van der Waals surface area contributed by atoms with Crippen molar-refractivity contribution in [3.63, 3.8) is 0 Å². The predicted molar refractivity (Wildman–Crippen MR) is 77.2 cm³/mol. The Morgan fingerprint density at radius 3 is 2.79 bits per heavy atom. The lowest BCUT2D eigenvalue weighted by atomic mass is 10.0. The van der Waals surface area contributed by atoms with Gasteiger partial charge in [0.25, 0.3) is 0 Å². The molecule has 0 spiro atoms. The van der Waals surface area contributed by atoms with Crippen molar-refractivity contribution in [1.82, 2.24) is 0 Å². The fourth-order valence-electron chi connectivity index (χ4n) is 2.94. The van der Waals surface area contributed by atoms with Gasteiger partial charge in [-0.25, -0.2) is 0 Å². The molecule has 2 aromatic rings. The third-order valence-corrected chi connectivity index (χ3v) is 4.90. The number of anilines is 1. The molecule has 0 radical (unpaired) electrons. The third-order valence-electron chi connectivity index (χ3n) is 3.78. The van der Waals surface area contributed by atoms with Crippen molar-refractivity contribution in [2.45, 2.75) is 19.3 Å². The summed E-state index contributed by atoms with van der Waals surface area (Å²) in [6, 6.07) is 6.14. The third kappa shape index (κ3) is 1.70. The molecular formula is C15H15NO2S. The van der Waals surface area contributed by atoms with Gasteiger partial charge in [0.1, 0.15) is 13.2 Å². The van der Waals surface area contributed by atoms with Crippen LogP contribution in [0.3, 0.4) is 0 Å². The minimum atomic E-state index is 0.619. The van der Waals surface area contributed by atoms with Crippen LogP contribution in [0.15, 0.2) is 18.2 Å². The van der Waals surface area contributed by atoms with Crippen LogP contribution < -0.4 is 15.2 Å². The van der Waals surface area contributed by atoms with Crippen molar-refractivity contribution in [2.24, 2.45) is 0 Å². The van der Waals surface area contributed by atoms with Gasteiger partial charge in [0.05, 0.1) is 5.00 Å². The summed E-state index contributed by atoms with van der Waals surface area (Å²) in [5, 5.41) is 0.932. The lowest BCUT2D eigenvalue weighted by molar-refractivity contribution is 0.171. The molecule has 2 N–H and O–H groups in total. The molecule has 0 bridgehead atoms. The number of hydrogen-bond acceptors (Lipinski definition) is 4. The Kier molecular flexibility index (Phi) is 2.45. The van der Waals surface area contributed by atoms with E-state index in [1.807, 2.05) is 6.07 Å². The lowest BCUT2D eigenvalue weighted by Crippen LogP contribution is -2.15. The predicted octanol–water partition coefficient (Wildman–Crippen LogP) is 3.26. The van der Waals surface area contributed by atoms with Crippen LogP contribution in [-0.2, 0) is 12.8 Å². The Labute approximate surface area is 116 Å². The number of aryl methyl sites for hydroxylation is 1. The van der Waals surface area contributed by atoms with Crippen molar-refractivity contribution >= 4 is 16.3 Å². The van der Waals surface area contributed by atoms with Crippen LogP contribution in [0.4, 0.5) is 5.00 Å². The van der Waals surface area contributed by atoms with Crippen LogP contribution in [-0.4, -0.2) is 13.2 Å². The molecule has 4 rings (SSSR count). The van der Waals surface area contributed by atoms with Gasteiger partial charge in [-0.05, 0) is 42.5 Å². The first-order valence-electron chi connectivity index (χ1n) is 6.63. The van der Waals surface area contributed by atoms with Gasteiger partial charge in [-0.2, -0.15) is 0 Å². The van der Waals surface area contributed by atoms with Crippen molar-refractivity contribution < 1.29 is 9.47 Å². The lowest BCUT2D eigenvalue weighted by Gasteiger charge is -2.19. The molecule has 1 aliphatic heterocycles. The van der Waals surface area contributed by atoms with Crippen LogP contribution in [0.25, 0.3) is 11.1 Å². The number of ether oxygens (including phenoxy) is 2. The topological polar surface area (TPSA) is 44.5 Å². The van der Waals surface area contributed by atoms with Crippen molar-refractivity contribution in [2.75, 3.05) is 18.9 Å². The maximum absolute atomic E-state index is 6.21. The molecule has 1 aromatic heterocycles. The van der Waals surface area contributed by atoms with E-state index in [4.69, 9.17) is 15.2 Å². The van der Waals surface area contributed by atoms with Gasteiger partial charge in [0.2, 0.25) is 0 Å². The smallest absolute Gasteiger partial charge is 0.161 e. The first-order chi connectivity index (χ1) is 9.33. The van der Waals surface area contributed by atoms with Crippen molar-refractivity contribution in [3.05, 3.63) is 28.6 Å². The molecule has 1 aromatic carbocycles. The number of fused-ring (bicyclic) bond motifs is 2. The van der Waals surface area contributed by atoms with Crippen LogP contribution in [0, 0.1) is 0 Å². The second-order valence-electron chi connectivity index (χ2n) is 4.96. The summed E-state index contributed by atoms with van der Waals surface area (Å²) in [5.74, 6) is 1.67. The van der Waals surface area contributed by atoms with Gasteiger partial charge < -0.3 is 15.2 Å². The zero-order chi connectivity index (χ0) is 12.8. The Hall–Kier alpha value is -1.68. The number of benzene rings is 1. The summed E-state index contributed by atoms with van der Waals surface area (Å²) in [7, 11) is 0. The second-order valence-corrected chi connectivity index (χ2v) is 6.09. The summed E-state index contributed by atoms with van der Waals surface area (Å²) < 4.78 is 11.2. The number of nitrogen functional groups attached to an aromatic ring is 1. The van der Waals surface area contributed by atoms with E-state index in [0.717, 1.165) is 28.5 Å². The average molecular weight is 273 g/mol. The van der Waals surface area contributed by atoms with Crippen LogP contribution in [0.2, 0.25) is 0 Å². The maximum atomic E-state index is 6.21. The quantitative estimate of drug-likeness (QED) is 0.867. The fraction of sp³-hybridized carbons (Fsp3) is 0.333. The molecule has 0 amide bonds. The van der Waals surface area contributed by atoms with E-state index in [1.54, 1.807) is 11.3 Å². The first kappa shape index (κ1) is 11.2. The Morgan fingerprint density at radius 1 is 1.05 bits per heavy atom. The zero-order valence-corrected chi connectivity index (χ0v) is 11.4. The Bertz CT molecular complexity index is 648. The number of hydrogen-bond donors (Lipinski definition) is 1. The first-order valence-corrected chi connectivity index (χ1v) is 7.44. The van der Waals surface area contributed by atoms with Crippen LogP contribution in [0.5, 0.6) is 11.5 Å². The van der Waals surface area contributed by atoms with Gasteiger partial charge in [-0.3, -0.25) is 0 Å². The van der Waals surface area contributed by atoms with Crippen molar-refractivity contribution in [3.8, 4) is 22.6 Å². The van der Waals surface area contributed by atoms with Gasteiger partial charge in [-0.1, -0.05) is 6.07 Å². The van der Waals surface area contributed by atoms with Gasteiger partial charge in [0.15, 0.2) is 11.5 Å². The summed E-state index contributed by atoms with van der Waals surface area (Å²) >= 11 is 1.74. The monoisotopic (exact) mass is 273 g/mol. The summed E-state index contributed by atoms with van der Waals surface area (Å²) in [6.45, 7) is 1.25. The van der Waals surface area contributed by atoms with E-state index in [1.165, 1.54) is 28.8 Å². The van der Waals surface area contributed by atoms with Gasteiger partial charge in [-0.15, -0.1) is 11.3 Å². The fourth-order valence-corrected chi connectivity index (χ4v) is 4.12. The van der Waals surface area contributed by atoms with E-state index in [0.29, 0.717) is 13.2 Å². The molecule has 98 valence electrons. The summed E-state index contributed by atoms with van der Waals surface area (Å²) in [4.78, 5) is 1.46. The highest BCUT2D eigenvalue weighted by atomic mass is 32.1. The largest absolute Gasteiger partial charge is 0.486 e. The molecule has 4 heteroatoms. The van der Waals surface area contributed by atoms with Crippen molar-refractivity contribution in [1.29, 1.82) is 0 Å². The van der Waals surface area contributed by atoms with E-state index >= 15 is 0 Å². The van der Waals surface area contributed by atoms with E-state index in [2.05, 4.69) is 12.1 Å². The molecule has 2 aliphatic rings. The molecule has 2 heterocycles. The molecule has 0 saturated heterocycles. The Morgan fingerprint density at radius 2 is 1.89 bits per heavy atom. The van der Waals surface area contributed by atoms with Crippen LogP contribution >= 0.6 is 11.3 Å². The highest BCUT2D eigenvalue weighted by Gasteiger charge is 2.23. The molecule has 19 heavy (non-hydrogen) atoms. The van der Waals surface area contributed by atoms with Gasteiger partial charge >= 0.3 is 0 Å². The molecule has 3 nitrogen and oxygen atoms in total. The molecular weight excluding hydrogens is 258 g/mol. The molecule has 0 saturated carbocycles. The molecule has 0 unspecified atom stereocenters. The van der Waals surface area contributed by atoms with E-state index in [9.17, 15) is 0 Å². The molecule has 1 aliphatic carbocycles. The SMILES string of the molecule is Nc1sc2c(c1-c1ccc3c(c1)OCCO3)CCC2. The number of nitrogens with two attached hydrogens (primary N) is 1. The zero-order valence-electron chi connectivity index (χ0n) is 10.6. The number of thiophene rings is 1. The molecule has 0 atom stereocenters. The minimum absolute atomic E-state index is 0.619. The second kappa shape index (κ2) is 4.17. The normalized spacial score (nSPS) is 16.4. The van der Waals surface area contributed by atoms with Crippen LogP contribution in [0.1, 0.15) is 16.9 Å². The minimum Gasteiger partial charge on any atom is -0.486 e. The standard InChI is InChI=1S/C15H15NO2S/c16-15-14(10-2-1-3-13(10)19-15)9-4-5-11-12(8-9)18-7-6-17-11/h4-5,8H,1-3,6-7,16H2. The van der Waals surface area contributed by atoms with E-state index < -0.39 is 0 Å². The molecule has 0 fully saturated rings. The summed E-state index contributed by atoms with van der Waals surface area (Å²) in [6.07, 6.45) is 3.57. The maximum Gasteiger partial charge on any atom is 0.161 e. The number of rotatable bonds is 1. The highest BCUT2D eigenvalue weighted by Crippen LogP contribution is 2.45.